The summed E-state index contributed by atoms with van der Waals surface area (Å²) in [7, 11) is 0. The average Bonchev–Trinajstić information content (AvgIpc) is 2.39. The highest BCUT2D eigenvalue weighted by molar-refractivity contribution is 6.44. The number of aliphatic carboxylic acids is 2. The Balaban J connectivity index is 3.12. The molecule has 0 amide bonds. The number of carboxylic acids is 2. The average molecular weight is 335 g/mol. The first-order chi connectivity index (χ1) is 9.79. The SMILES string of the molecule is CCCC(=O)c1ccc(OC(C(=O)O)C(=O)O)c(Cl)c1Cl. The van der Waals surface area contributed by atoms with E-state index in [4.69, 9.17) is 38.2 Å². The molecule has 8 heteroatoms. The number of ketones is 1. The number of ether oxygens (including phenoxy) is 1. The molecule has 0 unspecified atom stereocenters. The van der Waals surface area contributed by atoms with Crippen molar-refractivity contribution in [1.29, 1.82) is 0 Å². The van der Waals surface area contributed by atoms with Gasteiger partial charge in [0.1, 0.15) is 10.8 Å². The summed E-state index contributed by atoms with van der Waals surface area (Å²) in [6.07, 6.45) is -1.20. The van der Waals surface area contributed by atoms with Gasteiger partial charge in [0, 0.05) is 12.0 Å². The molecule has 0 aliphatic rings. The van der Waals surface area contributed by atoms with Crippen LogP contribution < -0.4 is 4.74 Å². The Kier molecular flexibility index (Phi) is 5.99. The fourth-order valence-corrected chi connectivity index (χ4v) is 2.00. The van der Waals surface area contributed by atoms with E-state index in [0.29, 0.717) is 6.42 Å². The molecule has 0 saturated heterocycles. The highest BCUT2D eigenvalue weighted by Crippen LogP contribution is 2.35. The van der Waals surface area contributed by atoms with Crippen molar-refractivity contribution in [2.24, 2.45) is 0 Å². The number of carbonyl (C=O) groups is 3. The summed E-state index contributed by atoms with van der Waals surface area (Å²) in [5, 5.41) is 17.2. The summed E-state index contributed by atoms with van der Waals surface area (Å²) in [6, 6.07) is 2.54. The lowest BCUT2D eigenvalue weighted by Crippen LogP contribution is -2.35. The van der Waals surface area contributed by atoms with Crippen molar-refractivity contribution in [3.05, 3.63) is 27.7 Å². The second-order valence-corrected chi connectivity index (χ2v) is 4.84. The van der Waals surface area contributed by atoms with Gasteiger partial charge in [-0.15, -0.1) is 0 Å². The third-order valence-corrected chi connectivity index (χ3v) is 3.38. The standard InChI is InChI=1S/C13H12Cl2O6/c1-2-3-7(16)6-4-5-8(10(15)9(6)14)21-11(12(17)18)13(19)20/h4-5,11H,2-3H2,1H3,(H,17,18)(H,19,20). The van der Waals surface area contributed by atoms with Crippen LogP contribution in [0.4, 0.5) is 0 Å². The largest absolute Gasteiger partial charge is 0.478 e. The predicted molar refractivity (Wildman–Crippen MR) is 75.4 cm³/mol. The molecule has 1 aromatic carbocycles. The summed E-state index contributed by atoms with van der Waals surface area (Å²) in [4.78, 5) is 33.3. The van der Waals surface area contributed by atoms with Gasteiger partial charge in [0.2, 0.25) is 0 Å². The monoisotopic (exact) mass is 334 g/mol. The van der Waals surface area contributed by atoms with Gasteiger partial charge in [-0.25, -0.2) is 9.59 Å². The summed E-state index contributed by atoms with van der Waals surface area (Å²) in [5.41, 5.74) is 0.179. The maximum absolute atomic E-state index is 11.8. The van der Waals surface area contributed by atoms with E-state index in [1.54, 1.807) is 0 Å². The topological polar surface area (TPSA) is 101 Å². The van der Waals surface area contributed by atoms with Crippen LogP contribution in [0.1, 0.15) is 30.1 Å². The molecule has 0 spiro atoms. The summed E-state index contributed by atoms with van der Waals surface area (Å²) in [6.45, 7) is 1.83. The Labute approximate surface area is 130 Å². The first kappa shape index (κ1) is 17.3. The molecule has 6 nitrogen and oxygen atoms in total. The van der Waals surface area contributed by atoms with Crippen molar-refractivity contribution in [3.8, 4) is 5.75 Å². The lowest BCUT2D eigenvalue weighted by molar-refractivity contribution is -0.159. The minimum atomic E-state index is -2.12. The Morgan fingerprint density at radius 3 is 2.19 bits per heavy atom. The van der Waals surface area contributed by atoms with Crippen LogP contribution in [0.3, 0.4) is 0 Å². The van der Waals surface area contributed by atoms with Crippen LogP contribution in [0.15, 0.2) is 12.1 Å². The molecule has 0 aromatic heterocycles. The number of carbonyl (C=O) groups excluding carboxylic acids is 1. The quantitative estimate of drug-likeness (QED) is 0.587. The maximum atomic E-state index is 11.8. The molecule has 1 aromatic rings. The third kappa shape index (κ3) is 4.09. The number of carboxylic acid groups (broad SMARTS) is 2. The fourth-order valence-electron chi connectivity index (χ4n) is 1.53. The second kappa shape index (κ2) is 7.28. The van der Waals surface area contributed by atoms with Crippen LogP contribution in [-0.4, -0.2) is 34.0 Å². The third-order valence-electron chi connectivity index (χ3n) is 2.52. The molecule has 0 aliphatic heterocycles. The molecular weight excluding hydrogens is 323 g/mol. The van der Waals surface area contributed by atoms with Crippen LogP contribution in [0.25, 0.3) is 0 Å². The van der Waals surface area contributed by atoms with Crippen LogP contribution in [0.5, 0.6) is 5.75 Å². The smallest absolute Gasteiger partial charge is 0.356 e. The Bertz CT molecular complexity index is 570. The highest BCUT2D eigenvalue weighted by Gasteiger charge is 2.29. The number of hydrogen-bond donors (Lipinski definition) is 2. The van der Waals surface area contributed by atoms with E-state index in [9.17, 15) is 14.4 Å². The molecule has 114 valence electrons. The van der Waals surface area contributed by atoms with E-state index in [-0.39, 0.29) is 33.6 Å². The number of hydrogen-bond acceptors (Lipinski definition) is 4. The molecular formula is C13H12Cl2O6. The highest BCUT2D eigenvalue weighted by atomic mass is 35.5. The number of Topliss-reactive ketones (excluding diaryl/α,β-unsaturated/α-hetero) is 1. The van der Waals surface area contributed by atoms with Gasteiger partial charge in [-0.05, 0) is 18.6 Å². The van der Waals surface area contributed by atoms with E-state index in [1.165, 1.54) is 12.1 Å². The molecule has 1 rings (SSSR count). The van der Waals surface area contributed by atoms with Crippen molar-refractivity contribution in [1.82, 2.24) is 0 Å². The number of halogens is 2. The van der Waals surface area contributed by atoms with Gasteiger partial charge in [-0.2, -0.15) is 0 Å². The minimum absolute atomic E-state index is 0.0952. The van der Waals surface area contributed by atoms with Gasteiger partial charge in [0.25, 0.3) is 6.10 Å². The fraction of sp³-hybridized carbons (Fsp3) is 0.308. The minimum Gasteiger partial charge on any atom is -0.478 e. The van der Waals surface area contributed by atoms with E-state index in [0.717, 1.165) is 0 Å². The van der Waals surface area contributed by atoms with Crippen molar-refractivity contribution >= 4 is 40.9 Å². The first-order valence-corrected chi connectivity index (χ1v) is 6.68. The number of benzene rings is 1. The van der Waals surface area contributed by atoms with Crippen molar-refractivity contribution in [2.45, 2.75) is 25.9 Å². The van der Waals surface area contributed by atoms with Crippen molar-refractivity contribution in [3.63, 3.8) is 0 Å². The van der Waals surface area contributed by atoms with Gasteiger partial charge in [0.15, 0.2) is 5.78 Å². The molecule has 0 bridgehead atoms. The second-order valence-electron chi connectivity index (χ2n) is 4.09. The van der Waals surface area contributed by atoms with E-state index in [2.05, 4.69) is 0 Å². The molecule has 0 atom stereocenters. The zero-order valence-corrected chi connectivity index (χ0v) is 12.4. The number of rotatable bonds is 7. The van der Waals surface area contributed by atoms with Crippen LogP contribution in [0.2, 0.25) is 10.0 Å². The predicted octanol–water partition coefficient (Wildman–Crippen LogP) is 2.89. The van der Waals surface area contributed by atoms with Gasteiger partial charge < -0.3 is 14.9 Å². The molecule has 2 N–H and O–H groups in total. The normalized spacial score (nSPS) is 10.5. The summed E-state index contributed by atoms with van der Waals surface area (Å²) < 4.78 is 4.82. The molecule has 0 heterocycles. The van der Waals surface area contributed by atoms with Gasteiger partial charge in [-0.3, -0.25) is 4.79 Å². The van der Waals surface area contributed by atoms with Crippen LogP contribution >= 0.6 is 23.2 Å². The molecule has 0 radical (unpaired) electrons. The molecule has 0 aliphatic carbocycles. The lowest BCUT2D eigenvalue weighted by atomic mass is 10.1. The first-order valence-electron chi connectivity index (χ1n) is 5.93. The van der Waals surface area contributed by atoms with Crippen molar-refractivity contribution < 1.29 is 29.3 Å². The zero-order valence-electron chi connectivity index (χ0n) is 10.9. The molecule has 0 saturated carbocycles. The Morgan fingerprint density at radius 2 is 1.71 bits per heavy atom. The Hall–Kier alpha value is -1.79. The molecule has 21 heavy (non-hydrogen) atoms. The summed E-state index contributed by atoms with van der Waals surface area (Å²) in [5.74, 6) is -3.80. The van der Waals surface area contributed by atoms with Gasteiger partial charge in [0.05, 0.1) is 5.02 Å². The zero-order chi connectivity index (χ0) is 16.2. The van der Waals surface area contributed by atoms with Gasteiger partial charge >= 0.3 is 11.9 Å². The van der Waals surface area contributed by atoms with Gasteiger partial charge in [-0.1, -0.05) is 30.1 Å². The van der Waals surface area contributed by atoms with E-state index < -0.39 is 18.0 Å². The van der Waals surface area contributed by atoms with E-state index in [1.807, 2.05) is 6.92 Å². The maximum Gasteiger partial charge on any atom is 0.356 e. The Morgan fingerprint density at radius 1 is 1.14 bits per heavy atom. The lowest BCUT2D eigenvalue weighted by Gasteiger charge is -2.14. The molecule has 0 fully saturated rings. The van der Waals surface area contributed by atoms with Crippen molar-refractivity contribution in [2.75, 3.05) is 0 Å². The van der Waals surface area contributed by atoms with E-state index >= 15 is 0 Å². The summed E-state index contributed by atoms with van der Waals surface area (Å²) >= 11 is 11.8. The van der Waals surface area contributed by atoms with Crippen LogP contribution in [0, 0.1) is 0 Å². The van der Waals surface area contributed by atoms with Crippen LogP contribution in [-0.2, 0) is 9.59 Å².